The van der Waals surface area contributed by atoms with Crippen molar-refractivity contribution >= 4 is 11.6 Å². The monoisotopic (exact) mass is 286 g/mol. The molecular formula is C15H24ClFN2. The molecule has 108 valence electrons. The highest BCUT2D eigenvalue weighted by Gasteiger charge is 2.10. The fraction of sp³-hybridized carbons (Fsp3) is 0.600. The van der Waals surface area contributed by atoms with Crippen molar-refractivity contribution < 1.29 is 4.39 Å². The molecule has 0 saturated heterocycles. The number of halogens is 2. The molecule has 2 nitrogen and oxygen atoms in total. The van der Waals surface area contributed by atoms with Crippen LogP contribution in [0, 0.1) is 5.82 Å². The van der Waals surface area contributed by atoms with Crippen molar-refractivity contribution in [2.75, 3.05) is 27.2 Å². The van der Waals surface area contributed by atoms with Gasteiger partial charge in [0, 0.05) is 6.04 Å². The van der Waals surface area contributed by atoms with Crippen LogP contribution in [0.2, 0.25) is 5.02 Å². The number of nitrogens with zero attached hydrogens (tertiary/aromatic N) is 1. The Balaban J connectivity index is 2.61. The second-order valence-corrected chi connectivity index (χ2v) is 5.60. The van der Waals surface area contributed by atoms with Crippen LogP contribution in [0.25, 0.3) is 0 Å². The van der Waals surface area contributed by atoms with Gasteiger partial charge in [-0.15, -0.1) is 0 Å². The predicted octanol–water partition coefficient (Wildman–Crippen LogP) is 3.34. The Morgan fingerprint density at radius 1 is 1.37 bits per heavy atom. The fourth-order valence-corrected chi connectivity index (χ4v) is 2.19. The largest absolute Gasteiger partial charge is 0.314 e. The van der Waals surface area contributed by atoms with E-state index in [-0.39, 0.29) is 10.8 Å². The van der Waals surface area contributed by atoms with E-state index >= 15 is 0 Å². The summed E-state index contributed by atoms with van der Waals surface area (Å²) in [5.74, 6) is -0.350. The summed E-state index contributed by atoms with van der Waals surface area (Å²) in [5.41, 5.74) is 1.08. The molecule has 0 fully saturated rings. The number of rotatable bonds is 8. The van der Waals surface area contributed by atoms with Crippen LogP contribution in [0.5, 0.6) is 0 Å². The highest BCUT2D eigenvalue weighted by molar-refractivity contribution is 6.30. The van der Waals surface area contributed by atoms with Gasteiger partial charge in [0.05, 0.1) is 5.02 Å². The Labute approximate surface area is 120 Å². The first kappa shape index (κ1) is 16.4. The minimum Gasteiger partial charge on any atom is -0.314 e. The Kier molecular flexibility index (Phi) is 7.36. The van der Waals surface area contributed by atoms with Gasteiger partial charge in [0.2, 0.25) is 0 Å². The summed E-state index contributed by atoms with van der Waals surface area (Å²) in [7, 11) is 4.15. The molecule has 0 aliphatic heterocycles. The maximum atomic E-state index is 13.1. The minimum atomic E-state index is -0.350. The second-order valence-electron chi connectivity index (χ2n) is 5.20. The van der Waals surface area contributed by atoms with Gasteiger partial charge in [-0.25, -0.2) is 4.39 Å². The summed E-state index contributed by atoms with van der Waals surface area (Å²) < 4.78 is 13.1. The maximum absolute atomic E-state index is 13.1. The quantitative estimate of drug-likeness (QED) is 0.788. The van der Waals surface area contributed by atoms with Crippen molar-refractivity contribution in [1.29, 1.82) is 0 Å². The average molecular weight is 287 g/mol. The molecule has 0 radical (unpaired) electrons. The van der Waals surface area contributed by atoms with Crippen LogP contribution in [0.3, 0.4) is 0 Å². The SMILES string of the molecule is CCCNC(CCN(C)C)Cc1ccc(F)c(Cl)c1. The van der Waals surface area contributed by atoms with Crippen molar-refractivity contribution in [3.8, 4) is 0 Å². The third kappa shape index (κ3) is 6.37. The van der Waals surface area contributed by atoms with E-state index < -0.39 is 0 Å². The van der Waals surface area contributed by atoms with E-state index in [1.54, 1.807) is 6.07 Å². The van der Waals surface area contributed by atoms with Crippen LogP contribution in [-0.2, 0) is 6.42 Å². The Hall–Kier alpha value is -0.640. The Morgan fingerprint density at radius 2 is 2.11 bits per heavy atom. The summed E-state index contributed by atoms with van der Waals surface area (Å²) in [6.45, 7) is 4.20. The lowest BCUT2D eigenvalue weighted by Crippen LogP contribution is -2.34. The summed E-state index contributed by atoms with van der Waals surface area (Å²) in [5, 5.41) is 3.75. The van der Waals surface area contributed by atoms with Gasteiger partial charge in [-0.2, -0.15) is 0 Å². The van der Waals surface area contributed by atoms with E-state index in [0.29, 0.717) is 6.04 Å². The summed E-state index contributed by atoms with van der Waals surface area (Å²) in [4.78, 5) is 2.18. The molecule has 1 atom stereocenters. The van der Waals surface area contributed by atoms with E-state index in [2.05, 4.69) is 31.2 Å². The zero-order chi connectivity index (χ0) is 14.3. The van der Waals surface area contributed by atoms with Gasteiger partial charge in [0.15, 0.2) is 0 Å². The molecule has 0 aromatic heterocycles. The maximum Gasteiger partial charge on any atom is 0.141 e. The first-order valence-corrected chi connectivity index (χ1v) is 7.22. The van der Waals surface area contributed by atoms with Gasteiger partial charge in [-0.3, -0.25) is 0 Å². The Bertz CT molecular complexity index is 382. The number of hydrogen-bond acceptors (Lipinski definition) is 2. The molecule has 1 aromatic rings. The fourth-order valence-electron chi connectivity index (χ4n) is 1.99. The van der Waals surface area contributed by atoms with Gasteiger partial charge in [0.1, 0.15) is 5.82 Å². The summed E-state index contributed by atoms with van der Waals surface area (Å²) in [6.07, 6.45) is 3.07. The summed E-state index contributed by atoms with van der Waals surface area (Å²) >= 11 is 5.83. The molecule has 1 rings (SSSR count). The van der Waals surface area contributed by atoms with Crippen molar-refractivity contribution in [3.63, 3.8) is 0 Å². The molecule has 19 heavy (non-hydrogen) atoms. The molecule has 4 heteroatoms. The highest BCUT2D eigenvalue weighted by Crippen LogP contribution is 2.17. The van der Waals surface area contributed by atoms with Crippen LogP contribution in [-0.4, -0.2) is 38.1 Å². The zero-order valence-electron chi connectivity index (χ0n) is 12.0. The molecule has 0 bridgehead atoms. The second kappa shape index (κ2) is 8.51. The third-order valence-corrected chi connectivity index (χ3v) is 3.36. The lowest BCUT2D eigenvalue weighted by molar-refractivity contribution is 0.356. The first-order chi connectivity index (χ1) is 9.02. The smallest absolute Gasteiger partial charge is 0.141 e. The molecule has 0 aliphatic carbocycles. The third-order valence-electron chi connectivity index (χ3n) is 3.07. The number of benzene rings is 1. The van der Waals surface area contributed by atoms with Crippen molar-refractivity contribution in [1.82, 2.24) is 10.2 Å². The van der Waals surface area contributed by atoms with Crippen LogP contribution < -0.4 is 5.32 Å². The van der Waals surface area contributed by atoms with Crippen molar-refractivity contribution in [2.45, 2.75) is 32.2 Å². The van der Waals surface area contributed by atoms with Crippen LogP contribution >= 0.6 is 11.6 Å². The average Bonchev–Trinajstić information content (AvgIpc) is 2.37. The van der Waals surface area contributed by atoms with Crippen LogP contribution in [0.4, 0.5) is 4.39 Å². The highest BCUT2D eigenvalue weighted by atomic mass is 35.5. The van der Waals surface area contributed by atoms with Crippen LogP contribution in [0.1, 0.15) is 25.3 Å². The topological polar surface area (TPSA) is 15.3 Å². The molecule has 0 amide bonds. The summed E-state index contributed by atoms with van der Waals surface area (Å²) in [6, 6.07) is 5.40. The molecule has 0 saturated carbocycles. The standard InChI is InChI=1S/C15H24ClFN2/c1-4-8-18-13(7-9-19(2)3)10-12-5-6-15(17)14(16)11-12/h5-6,11,13,18H,4,7-10H2,1-3H3. The minimum absolute atomic E-state index is 0.208. The van der Waals surface area contributed by atoms with Gasteiger partial charge >= 0.3 is 0 Å². The predicted molar refractivity (Wildman–Crippen MR) is 80.4 cm³/mol. The van der Waals surface area contributed by atoms with Crippen molar-refractivity contribution in [3.05, 3.63) is 34.6 Å². The van der Waals surface area contributed by atoms with E-state index in [4.69, 9.17) is 11.6 Å². The van der Waals surface area contributed by atoms with Crippen molar-refractivity contribution in [2.24, 2.45) is 0 Å². The zero-order valence-corrected chi connectivity index (χ0v) is 12.8. The normalized spacial score (nSPS) is 12.9. The molecular weight excluding hydrogens is 263 g/mol. The molecule has 0 heterocycles. The van der Waals surface area contributed by atoms with Gasteiger partial charge in [0.25, 0.3) is 0 Å². The number of nitrogens with one attached hydrogen (secondary N) is 1. The van der Waals surface area contributed by atoms with E-state index in [0.717, 1.165) is 37.9 Å². The first-order valence-electron chi connectivity index (χ1n) is 6.85. The van der Waals surface area contributed by atoms with E-state index in [1.165, 1.54) is 6.07 Å². The van der Waals surface area contributed by atoms with Crippen LogP contribution in [0.15, 0.2) is 18.2 Å². The lowest BCUT2D eigenvalue weighted by Gasteiger charge is -2.21. The molecule has 1 N–H and O–H groups in total. The molecule has 1 aromatic carbocycles. The van der Waals surface area contributed by atoms with Gasteiger partial charge < -0.3 is 10.2 Å². The molecule has 0 spiro atoms. The van der Waals surface area contributed by atoms with E-state index in [9.17, 15) is 4.39 Å². The molecule has 0 aliphatic rings. The van der Waals surface area contributed by atoms with Gasteiger partial charge in [-0.1, -0.05) is 24.6 Å². The van der Waals surface area contributed by atoms with Gasteiger partial charge in [-0.05, 0) is 64.1 Å². The lowest BCUT2D eigenvalue weighted by atomic mass is 10.0. The van der Waals surface area contributed by atoms with E-state index in [1.807, 2.05) is 6.07 Å². The number of hydrogen-bond donors (Lipinski definition) is 1. The molecule has 1 unspecified atom stereocenters. The Morgan fingerprint density at radius 3 is 2.68 bits per heavy atom.